The third-order valence-electron chi connectivity index (χ3n) is 3.22. The summed E-state index contributed by atoms with van der Waals surface area (Å²) in [5.74, 6) is -0.574. The van der Waals surface area contributed by atoms with Gasteiger partial charge in [0.2, 0.25) is 0 Å². The van der Waals surface area contributed by atoms with Crippen LogP contribution in [0.3, 0.4) is 0 Å². The minimum atomic E-state index is -0.360. The Labute approximate surface area is 108 Å². The van der Waals surface area contributed by atoms with Crippen molar-refractivity contribution >= 4 is 11.9 Å². The summed E-state index contributed by atoms with van der Waals surface area (Å²) in [6.07, 6.45) is -0.218. The predicted molar refractivity (Wildman–Crippen MR) is 64.9 cm³/mol. The molecule has 18 heavy (non-hydrogen) atoms. The van der Waals surface area contributed by atoms with Gasteiger partial charge in [0.1, 0.15) is 12.2 Å². The quantitative estimate of drug-likeness (QED) is 0.718. The maximum atomic E-state index is 11.4. The van der Waals surface area contributed by atoms with E-state index in [1.54, 1.807) is 13.8 Å². The van der Waals surface area contributed by atoms with Gasteiger partial charge in [-0.1, -0.05) is 20.8 Å². The number of esters is 2. The fourth-order valence-corrected chi connectivity index (χ4v) is 1.96. The SMILES string of the molecule is CCC(=O)O[C@@H]1[C@@H](C)[C@H](OC(=O)CC)CO[C@H]1C. The van der Waals surface area contributed by atoms with Crippen molar-refractivity contribution in [1.29, 1.82) is 0 Å². The Kier molecular flexibility index (Phi) is 5.59. The molecule has 104 valence electrons. The second-order valence-corrected chi connectivity index (χ2v) is 4.59. The molecule has 1 fully saturated rings. The molecule has 4 atom stereocenters. The van der Waals surface area contributed by atoms with Crippen molar-refractivity contribution < 1.29 is 23.8 Å². The van der Waals surface area contributed by atoms with Crippen molar-refractivity contribution in [2.24, 2.45) is 5.92 Å². The van der Waals surface area contributed by atoms with Gasteiger partial charge in [0, 0.05) is 18.8 Å². The fourth-order valence-electron chi connectivity index (χ4n) is 1.96. The first-order valence-corrected chi connectivity index (χ1v) is 6.50. The Bertz CT molecular complexity index is 302. The molecule has 0 spiro atoms. The largest absolute Gasteiger partial charge is 0.459 e. The highest BCUT2D eigenvalue weighted by atomic mass is 16.6. The smallest absolute Gasteiger partial charge is 0.305 e. The molecule has 1 heterocycles. The van der Waals surface area contributed by atoms with Crippen LogP contribution < -0.4 is 0 Å². The first kappa shape index (κ1) is 15.0. The molecule has 0 radical (unpaired) electrons. The summed E-state index contributed by atoms with van der Waals surface area (Å²) in [6, 6.07) is 0. The van der Waals surface area contributed by atoms with Gasteiger partial charge in [-0.25, -0.2) is 0 Å². The van der Waals surface area contributed by atoms with E-state index in [2.05, 4.69) is 0 Å². The van der Waals surface area contributed by atoms with E-state index in [1.165, 1.54) is 0 Å². The molecule has 0 aromatic carbocycles. The van der Waals surface area contributed by atoms with Crippen LogP contribution in [0.2, 0.25) is 0 Å². The molecular formula is C13H22O5. The van der Waals surface area contributed by atoms with Crippen molar-refractivity contribution in [2.75, 3.05) is 6.61 Å². The van der Waals surface area contributed by atoms with Gasteiger partial charge in [0.25, 0.3) is 0 Å². The van der Waals surface area contributed by atoms with E-state index in [-0.39, 0.29) is 36.2 Å². The molecule has 1 aliphatic rings. The van der Waals surface area contributed by atoms with Gasteiger partial charge in [-0.05, 0) is 6.92 Å². The average molecular weight is 258 g/mol. The van der Waals surface area contributed by atoms with Crippen LogP contribution >= 0.6 is 0 Å². The Morgan fingerprint density at radius 1 is 1.11 bits per heavy atom. The highest BCUT2D eigenvalue weighted by Gasteiger charge is 2.39. The van der Waals surface area contributed by atoms with Crippen molar-refractivity contribution in [1.82, 2.24) is 0 Å². The summed E-state index contributed by atoms with van der Waals surface area (Å²) in [5, 5.41) is 0. The monoisotopic (exact) mass is 258 g/mol. The Morgan fingerprint density at radius 2 is 1.67 bits per heavy atom. The number of carbonyl (C=O) groups is 2. The lowest BCUT2D eigenvalue weighted by atomic mass is 9.92. The number of hydrogen-bond acceptors (Lipinski definition) is 5. The van der Waals surface area contributed by atoms with Gasteiger partial charge in [0.15, 0.2) is 0 Å². The lowest BCUT2D eigenvalue weighted by Gasteiger charge is -2.38. The molecule has 1 aliphatic heterocycles. The van der Waals surface area contributed by atoms with E-state index in [0.717, 1.165) is 0 Å². The standard InChI is InChI=1S/C13H22O5/c1-5-11(14)17-10-7-16-9(4)13(8(10)3)18-12(15)6-2/h8-10,13H,5-7H2,1-4H3/t8-,9-,10+,13+/m0/s1. The van der Waals surface area contributed by atoms with Crippen LogP contribution in [0.25, 0.3) is 0 Å². The second-order valence-electron chi connectivity index (χ2n) is 4.59. The highest BCUT2D eigenvalue weighted by Crippen LogP contribution is 2.26. The zero-order valence-electron chi connectivity index (χ0n) is 11.5. The van der Waals surface area contributed by atoms with Crippen LogP contribution in [-0.4, -0.2) is 36.9 Å². The summed E-state index contributed by atoms with van der Waals surface area (Å²) in [7, 11) is 0. The van der Waals surface area contributed by atoms with E-state index < -0.39 is 0 Å². The van der Waals surface area contributed by atoms with E-state index in [1.807, 2.05) is 13.8 Å². The summed E-state index contributed by atoms with van der Waals surface area (Å²) in [6.45, 7) is 7.63. The second kappa shape index (κ2) is 6.73. The molecule has 0 aromatic rings. The molecule has 0 unspecified atom stereocenters. The molecule has 1 saturated heterocycles. The third kappa shape index (κ3) is 3.70. The predicted octanol–water partition coefficient (Wildman–Crippen LogP) is 1.68. The average Bonchev–Trinajstić information content (AvgIpc) is 2.37. The number of carbonyl (C=O) groups excluding carboxylic acids is 2. The Hall–Kier alpha value is -1.10. The maximum absolute atomic E-state index is 11.4. The zero-order valence-corrected chi connectivity index (χ0v) is 11.5. The molecule has 0 aromatic heterocycles. The Balaban J connectivity index is 2.64. The molecule has 0 aliphatic carbocycles. The lowest BCUT2D eigenvalue weighted by Crippen LogP contribution is -2.50. The fraction of sp³-hybridized carbons (Fsp3) is 0.846. The minimum Gasteiger partial charge on any atom is -0.459 e. The van der Waals surface area contributed by atoms with Gasteiger partial charge in [-0.2, -0.15) is 0 Å². The van der Waals surface area contributed by atoms with E-state index in [4.69, 9.17) is 14.2 Å². The van der Waals surface area contributed by atoms with Gasteiger partial charge in [-0.15, -0.1) is 0 Å². The van der Waals surface area contributed by atoms with Gasteiger partial charge >= 0.3 is 11.9 Å². The third-order valence-corrected chi connectivity index (χ3v) is 3.22. The molecule has 5 heteroatoms. The molecule has 0 saturated carbocycles. The molecular weight excluding hydrogens is 236 g/mol. The number of ether oxygens (including phenoxy) is 3. The van der Waals surface area contributed by atoms with Crippen LogP contribution in [0.1, 0.15) is 40.5 Å². The van der Waals surface area contributed by atoms with Crippen molar-refractivity contribution in [2.45, 2.75) is 58.8 Å². The van der Waals surface area contributed by atoms with Crippen molar-refractivity contribution in [3.05, 3.63) is 0 Å². The van der Waals surface area contributed by atoms with Crippen molar-refractivity contribution in [3.8, 4) is 0 Å². The maximum Gasteiger partial charge on any atom is 0.305 e. The summed E-state index contributed by atoms with van der Waals surface area (Å²) in [5.41, 5.74) is 0. The van der Waals surface area contributed by atoms with E-state index in [9.17, 15) is 9.59 Å². The van der Waals surface area contributed by atoms with Crippen LogP contribution in [0.15, 0.2) is 0 Å². The molecule has 1 rings (SSSR count). The molecule has 0 amide bonds. The lowest BCUT2D eigenvalue weighted by molar-refractivity contribution is -0.196. The van der Waals surface area contributed by atoms with Crippen LogP contribution in [0.4, 0.5) is 0 Å². The summed E-state index contributed by atoms with van der Waals surface area (Å²) in [4.78, 5) is 22.7. The van der Waals surface area contributed by atoms with Crippen LogP contribution in [0, 0.1) is 5.92 Å². The Morgan fingerprint density at radius 3 is 2.22 bits per heavy atom. The van der Waals surface area contributed by atoms with E-state index >= 15 is 0 Å². The number of rotatable bonds is 4. The minimum absolute atomic E-state index is 0.0558. The zero-order chi connectivity index (χ0) is 13.7. The van der Waals surface area contributed by atoms with Crippen LogP contribution in [0.5, 0.6) is 0 Å². The normalized spacial score (nSPS) is 31.8. The van der Waals surface area contributed by atoms with Crippen LogP contribution in [-0.2, 0) is 23.8 Å². The summed E-state index contributed by atoms with van der Waals surface area (Å²) < 4.78 is 16.2. The topological polar surface area (TPSA) is 61.8 Å². The summed E-state index contributed by atoms with van der Waals surface area (Å²) >= 11 is 0. The molecule has 5 nitrogen and oxygen atoms in total. The van der Waals surface area contributed by atoms with Crippen molar-refractivity contribution in [3.63, 3.8) is 0 Å². The number of hydrogen-bond donors (Lipinski definition) is 0. The highest BCUT2D eigenvalue weighted by molar-refractivity contribution is 5.69. The first-order chi connectivity index (χ1) is 8.49. The first-order valence-electron chi connectivity index (χ1n) is 6.50. The van der Waals surface area contributed by atoms with Gasteiger partial charge in [-0.3, -0.25) is 9.59 Å². The molecule has 0 bridgehead atoms. The van der Waals surface area contributed by atoms with E-state index in [0.29, 0.717) is 19.4 Å². The molecule has 0 N–H and O–H groups in total. The van der Waals surface area contributed by atoms with Gasteiger partial charge < -0.3 is 14.2 Å². The van der Waals surface area contributed by atoms with Gasteiger partial charge in [0.05, 0.1) is 12.7 Å².